The lowest BCUT2D eigenvalue weighted by Crippen LogP contribution is -2.53. The predicted molar refractivity (Wildman–Crippen MR) is 84.9 cm³/mol. The van der Waals surface area contributed by atoms with Gasteiger partial charge in [-0.05, 0) is 31.7 Å². The second-order valence-corrected chi connectivity index (χ2v) is 7.07. The Morgan fingerprint density at radius 3 is 2.17 bits per heavy atom. The van der Waals surface area contributed by atoms with E-state index in [9.17, 15) is 14.4 Å². The molecule has 2 unspecified atom stereocenters. The van der Waals surface area contributed by atoms with Gasteiger partial charge in [0.2, 0.25) is 0 Å². The number of hydrogen-bond acceptors (Lipinski definition) is 7. The maximum absolute atomic E-state index is 12.6. The molecule has 2 fully saturated rings. The van der Waals surface area contributed by atoms with Gasteiger partial charge in [-0.15, -0.1) is 0 Å². The Morgan fingerprint density at radius 2 is 1.62 bits per heavy atom. The van der Waals surface area contributed by atoms with Crippen molar-refractivity contribution in [3.63, 3.8) is 0 Å². The van der Waals surface area contributed by atoms with Crippen LogP contribution in [0.2, 0.25) is 0 Å². The van der Waals surface area contributed by atoms with Crippen LogP contribution in [-0.4, -0.2) is 62.3 Å². The fraction of sp³-hybridized carbons (Fsp3) is 0.824. The first-order valence-electron chi connectivity index (χ1n) is 8.38. The van der Waals surface area contributed by atoms with Crippen LogP contribution < -0.4 is 0 Å². The van der Waals surface area contributed by atoms with Gasteiger partial charge >= 0.3 is 17.9 Å². The van der Waals surface area contributed by atoms with E-state index in [2.05, 4.69) is 13.8 Å². The highest BCUT2D eigenvalue weighted by Gasteiger charge is 2.63. The summed E-state index contributed by atoms with van der Waals surface area (Å²) in [5.74, 6) is -3.20. The minimum atomic E-state index is -0.913. The molecule has 2 rings (SSSR count). The lowest BCUT2D eigenvalue weighted by Gasteiger charge is -2.45. The predicted octanol–water partition coefficient (Wildman–Crippen LogP) is 1.00. The molecular weight excluding hydrogens is 314 g/mol. The van der Waals surface area contributed by atoms with E-state index in [4.69, 9.17) is 14.2 Å². The van der Waals surface area contributed by atoms with Gasteiger partial charge in [0.05, 0.1) is 32.7 Å². The Bertz CT molecular complexity index is 517. The van der Waals surface area contributed by atoms with E-state index < -0.39 is 35.8 Å². The third kappa shape index (κ3) is 3.01. The van der Waals surface area contributed by atoms with E-state index in [1.165, 1.54) is 14.2 Å². The minimum absolute atomic E-state index is 0.216. The molecule has 0 spiro atoms. The van der Waals surface area contributed by atoms with Crippen LogP contribution >= 0.6 is 0 Å². The summed E-state index contributed by atoms with van der Waals surface area (Å²) in [5, 5.41) is 0. The van der Waals surface area contributed by atoms with Crippen molar-refractivity contribution in [2.24, 2.45) is 17.3 Å². The Balaban J connectivity index is 2.54. The van der Waals surface area contributed by atoms with Gasteiger partial charge in [-0.3, -0.25) is 19.3 Å². The molecule has 24 heavy (non-hydrogen) atoms. The van der Waals surface area contributed by atoms with Crippen LogP contribution in [0, 0.1) is 17.3 Å². The normalized spacial score (nSPS) is 31.9. The van der Waals surface area contributed by atoms with E-state index in [-0.39, 0.29) is 18.1 Å². The SMILES string of the molecule is CCOC(=O)C1[C@H](C(=O)OC)[C@H](C(=O)OC)C2N1CCCC2(C)C. The number of methoxy groups -OCH3 is 2. The number of nitrogens with zero attached hydrogens (tertiary/aromatic N) is 1. The number of carbonyl (C=O) groups excluding carboxylic acids is 3. The largest absolute Gasteiger partial charge is 0.469 e. The zero-order valence-corrected chi connectivity index (χ0v) is 15.0. The summed E-state index contributed by atoms with van der Waals surface area (Å²) < 4.78 is 15.1. The van der Waals surface area contributed by atoms with E-state index in [0.29, 0.717) is 6.54 Å². The average Bonchev–Trinajstić information content (AvgIpc) is 2.90. The van der Waals surface area contributed by atoms with Crippen molar-refractivity contribution in [2.45, 2.75) is 45.7 Å². The van der Waals surface area contributed by atoms with Gasteiger partial charge in [-0.2, -0.15) is 0 Å². The van der Waals surface area contributed by atoms with E-state index in [1.54, 1.807) is 6.92 Å². The summed E-state index contributed by atoms with van der Waals surface area (Å²) in [7, 11) is 2.57. The first kappa shape index (κ1) is 18.7. The second kappa shape index (κ2) is 7.09. The number of hydrogen-bond donors (Lipinski definition) is 0. The summed E-state index contributed by atoms with van der Waals surface area (Å²) in [5.41, 5.74) is -0.232. The number of rotatable bonds is 4. The van der Waals surface area contributed by atoms with Gasteiger partial charge < -0.3 is 14.2 Å². The monoisotopic (exact) mass is 341 g/mol. The van der Waals surface area contributed by atoms with E-state index in [0.717, 1.165) is 12.8 Å². The summed E-state index contributed by atoms with van der Waals surface area (Å²) >= 11 is 0. The van der Waals surface area contributed by atoms with Crippen molar-refractivity contribution in [2.75, 3.05) is 27.4 Å². The summed E-state index contributed by atoms with van der Waals surface area (Å²) in [6.45, 7) is 6.69. The molecule has 136 valence electrons. The molecule has 0 aromatic heterocycles. The van der Waals surface area contributed by atoms with E-state index >= 15 is 0 Å². The highest BCUT2D eigenvalue weighted by Crippen LogP contribution is 2.49. The molecular formula is C17H27NO6. The highest BCUT2D eigenvalue weighted by molar-refractivity contribution is 5.91. The number of esters is 3. The fourth-order valence-electron chi connectivity index (χ4n) is 4.39. The Kier molecular flexibility index (Phi) is 5.52. The van der Waals surface area contributed by atoms with Crippen LogP contribution in [0.4, 0.5) is 0 Å². The first-order valence-corrected chi connectivity index (χ1v) is 8.38. The number of fused-ring (bicyclic) bond motifs is 1. The Morgan fingerprint density at radius 1 is 1.04 bits per heavy atom. The lowest BCUT2D eigenvalue weighted by atomic mass is 9.71. The molecule has 0 amide bonds. The van der Waals surface area contributed by atoms with Crippen LogP contribution in [0.25, 0.3) is 0 Å². The standard InChI is InChI=1S/C17H27NO6/c1-6-24-16(21)12-10(14(19)22-4)11(15(20)23-5)13-17(2,3)8-7-9-18(12)13/h10-13H,6-9H2,1-5H3/t10-,11+,12?,13?/m1/s1. The molecule has 2 aliphatic heterocycles. The quantitative estimate of drug-likeness (QED) is 0.557. The van der Waals surface area contributed by atoms with Crippen molar-refractivity contribution in [3.8, 4) is 0 Å². The Labute approximate surface area is 142 Å². The number of carbonyl (C=O) groups is 3. The van der Waals surface area contributed by atoms with Crippen molar-refractivity contribution < 1.29 is 28.6 Å². The van der Waals surface area contributed by atoms with Crippen LogP contribution in [0.1, 0.15) is 33.6 Å². The number of ether oxygens (including phenoxy) is 3. The van der Waals surface area contributed by atoms with Gasteiger partial charge in [0.1, 0.15) is 6.04 Å². The minimum Gasteiger partial charge on any atom is -0.469 e. The number of piperidine rings is 1. The average molecular weight is 341 g/mol. The third-order valence-electron chi connectivity index (χ3n) is 5.29. The van der Waals surface area contributed by atoms with Crippen molar-refractivity contribution in [1.29, 1.82) is 0 Å². The van der Waals surface area contributed by atoms with Crippen LogP contribution in [0.15, 0.2) is 0 Å². The second-order valence-electron chi connectivity index (χ2n) is 7.07. The molecule has 0 bridgehead atoms. The smallest absolute Gasteiger partial charge is 0.324 e. The molecule has 7 nitrogen and oxygen atoms in total. The zero-order chi connectivity index (χ0) is 18.1. The van der Waals surface area contributed by atoms with E-state index in [1.807, 2.05) is 4.90 Å². The fourth-order valence-corrected chi connectivity index (χ4v) is 4.39. The maximum Gasteiger partial charge on any atom is 0.324 e. The van der Waals surface area contributed by atoms with Gasteiger partial charge in [0.25, 0.3) is 0 Å². The van der Waals surface area contributed by atoms with Crippen LogP contribution in [-0.2, 0) is 28.6 Å². The molecule has 7 heteroatoms. The third-order valence-corrected chi connectivity index (χ3v) is 5.29. The van der Waals surface area contributed by atoms with Gasteiger partial charge in [-0.1, -0.05) is 13.8 Å². The molecule has 0 aromatic rings. The summed E-state index contributed by atoms with van der Waals surface area (Å²) in [4.78, 5) is 39.5. The molecule has 0 saturated carbocycles. The van der Waals surface area contributed by atoms with Crippen molar-refractivity contribution in [1.82, 2.24) is 4.90 Å². The molecule has 2 saturated heterocycles. The molecule has 2 aliphatic rings. The molecule has 0 N–H and O–H groups in total. The van der Waals surface area contributed by atoms with Gasteiger partial charge in [-0.25, -0.2) is 0 Å². The molecule has 4 atom stereocenters. The van der Waals surface area contributed by atoms with Gasteiger partial charge in [0, 0.05) is 6.04 Å². The molecule has 0 radical (unpaired) electrons. The summed E-state index contributed by atoms with van der Waals surface area (Å²) in [6.07, 6.45) is 1.80. The first-order chi connectivity index (χ1) is 11.3. The van der Waals surface area contributed by atoms with Gasteiger partial charge in [0.15, 0.2) is 0 Å². The topological polar surface area (TPSA) is 82.1 Å². The molecule has 2 heterocycles. The van der Waals surface area contributed by atoms with Crippen molar-refractivity contribution in [3.05, 3.63) is 0 Å². The zero-order valence-electron chi connectivity index (χ0n) is 15.0. The lowest BCUT2D eigenvalue weighted by molar-refractivity contribution is -0.161. The van der Waals surface area contributed by atoms with Crippen molar-refractivity contribution >= 4 is 17.9 Å². The highest BCUT2D eigenvalue weighted by atomic mass is 16.5. The Hall–Kier alpha value is -1.63. The maximum atomic E-state index is 12.6. The molecule has 0 aliphatic carbocycles. The molecule has 0 aromatic carbocycles. The summed E-state index contributed by atoms with van der Waals surface area (Å²) in [6, 6.07) is -1.08. The van der Waals surface area contributed by atoms with Crippen LogP contribution in [0.5, 0.6) is 0 Å². The van der Waals surface area contributed by atoms with Crippen LogP contribution in [0.3, 0.4) is 0 Å².